The van der Waals surface area contributed by atoms with Gasteiger partial charge in [-0.05, 0) is 18.0 Å². The monoisotopic (exact) mass is 278 g/mol. The number of carbonyl (C=O) groups excluding carboxylic acids is 1. The zero-order valence-electron chi connectivity index (χ0n) is 11.0. The molecule has 3 atom stereocenters. The molecule has 3 unspecified atom stereocenters. The lowest BCUT2D eigenvalue weighted by Crippen LogP contribution is -2.37. The molecule has 20 heavy (non-hydrogen) atoms. The van der Waals surface area contributed by atoms with E-state index in [4.69, 9.17) is 10.3 Å². The number of hydrogen-bond acceptors (Lipinski definition) is 3. The van der Waals surface area contributed by atoms with Crippen LogP contribution in [0, 0.1) is 0 Å². The lowest BCUT2D eigenvalue weighted by molar-refractivity contribution is 0.0922. The molecule has 1 fully saturated rings. The van der Waals surface area contributed by atoms with Gasteiger partial charge >= 0.3 is 6.09 Å². The Labute approximate surface area is 115 Å². The van der Waals surface area contributed by atoms with E-state index < -0.39 is 24.3 Å². The number of nitrogens with zero attached hydrogens (tertiary/aromatic N) is 4. The molecular formula is C13H15FN4O2. The molecule has 0 N–H and O–H groups in total. The molecule has 0 radical (unpaired) electrons. The van der Waals surface area contributed by atoms with Crippen molar-refractivity contribution in [3.63, 3.8) is 0 Å². The summed E-state index contributed by atoms with van der Waals surface area (Å²) in [6, 6.07) is 7.86. The standard InChI is InChI=1S/C13H15FN4O2/c1-9-12(16-17-15)11(14)7-18(9)13(19)20-8-10-5-3-2-4-6-10/h2-6,9,11-12H,7-8H2,1H3. The second-order valence-corrected chi connectivity index (χ2v) is 4.64. The molecule has 2 rings (SSSR count). The number of ether oxygens (including phenoxy) is 1. The first-order valence-corrected chi connectivity index (χ1v) is 6.29. The smallest absolute Gasteiger partial charge is 0.410 e. The summed E-state index contributed by atoms with van der Waals surface area (Å²) < 4.78 is 18.8. The fourth-order valence-corrected chi connectivity index (χ4v) is 2.22. The molecule has 0 bridgehead atoms. The molecule has 1 saturated heterocycles. The molecule has 1 aromatic carbocycles. The van der Waals surface area contributed by atoms with Crippen LogP contribution in [0.15, 0.2) is 35.4 Å². The minimum absolute atomic E-state index is 0.113. The molecule has 6 nitrogen and oxygen atoms in total. The number of rotatable bonds is 3. The van der Waals surface area contributed by atoms with Crippen LogP contribution in [0.25, 0.3) is 10.4 Å². The first-order valence-electron chi connectivity index (χ1n) is 6.29. The van der Waals surface area contributed by atoms with Crippen molar-refractivity contribution in [3.8, 4) is 0 Å². The largest absolute Gasteiger partial charge is 0.445 e. The maximum Gasteiger partial charge on any atom is 0.410 e. The third kappa shape index (κ3) is 3.00. The number of azide groups is 1. The fraction of sp³-hybridized carbons (Fsp3) is 0.462. The second kappa shape index (κ2) is 6.25. The topological polar surface area (TPSA) is 78.3 Å². The highest BCUT2D eigenvalue weighted by atomic mass is 19.1. The molecule has 1 amide bonds. The van der Waals surface area contributed by atoms with Gasteiger partial charge in [0, 0.05) is 11.0 Å². The van der Waals surface area contributed by atoms with Crippen molar-refractivity contribution in [1.29, 1.82) is 0 Å². The predicted molar refractivity (Wildman–Crippen MR) is 70.6 cm³/mol. The normalized spacial score (nSPS) is 25.1. The number of benzene rings is 1. The maximum absolute atomic E-state index is 13.7. The van der Waals surface area contributed by atoms with Crippen molar-refractivity contribution in [2.45, 2.75) is 31.8 Å². The van der Waals surface area contributed by atoms with Crippen LogP contribution in [-0.2, 0) is 11.3 Å². The number of halogens is 1. The van der Waals surface area contributed by atoms with E-state index in [0.29, 0.717) is 0 Å². The molecule has 0 aromatic heterocycles. The average molecular weight is 278 g/mol. The Morgan fingerprint density at radius 1 is 1.55 bits per heavy atom. The molecule has 1 aromatic rings. The van der Waals surface area contributed by atoms with Crippen LogP contribution in [0.5, 0.6) is 0 Å². The molecule has 1 aliphatic heterocycles. The van der Waals surface area contributed by atoms with Gasteiger partial charge in [0.25, 0.3) is 0 Å². The van der Waals surface area contributed by atoms with Gasteiger partial charge in [-0.2, -0.15) is 0 Å². The number of likely N-dealkylation sites (tertiary alicyclic amines) is 1. The van der Waals surface area contributed by atoms with Gasteiger partial charge in [0.05, 0.1) is 12.6 Å². The number of alkyl halides is 1. The van der Waals surface area contributed by atoms with Crippen molar-refractivity contribution in [1.82, 2.24) is 4.90 Å². The molecule has 0 saturated carbocycles. The first-order chi connectivity index (χ1) is 9.63. The van der Waals surface area contributed by atoms with Crippen molar-refractivity contribution in [2.75, 3.05) is 6.54 Å². The Bertz CT molecular complexity index is 518. The second-order valence-electron chi connectivity index (χ2n) is 4.64. The number of carbonyl (C=O) groups is 1. The summed E-state index contributed by atoms with van der Waals surface area (Å²) in [6.07, 6.45) is -1.95. The number of amides is 1. The Morgan fingerprint density at radius 2 is 2.25 bits per heavy atom. The predicted octanol–water partition coefficient (Wildman–Crippen LogP) is 3.04. The van der Waals surface area contributed by atoms with Crippen LogP contribution < -0.4 is 0 Å². The molecule has 0 aliphatic carbocycles. The average Bonchev–Trinajstić information content (AvgIpc) is 2.74. The van der Waals surface area contributed by atoms with Gasteiger partial charge in [0.1, 0.15) is 12.8 Å². The SMILES string of the molecule is CC1C(N=[N+]=[N-])C(F)CN1C(=O)OCc1ccccc1. The Kier molecular flexibility index (Phi) is 4.42. The van der Waals surface area contributed by atoms with Gasteiger partial charge in [-0.1, -0.05) is 35.4 Å². The fourth-order valence-electron chi connectivity index (χ4n) is 2.22. The van der Waals surface area contributed by atoms with Crippen molar-refractivity contribution < 1.29 is 13.9 Å². The highest BCUT2D eigenvalue weighted by molar-refractivity contribution is 5.68. The lowest BCUT2D eigenvalue weighted by atomic mass is 10.1. The summed E-state index contributed by atoms with van der Waals surface area (Å²) in [5, 5.41) is 3.39. The van der Waals surface area contributed by atoms with E-state index in [1.165, 1.54) is 4.90 Å². The quantitative estimate of drug-likeness (QED) is 0.484. The lowest BCUT2D eigenvalue weighted by Gasteiger charge is -2.21. The summed E-state index contributed by atoms with van der Waals surface area (Å²) in [5.74, 6) is 0. The van der Waals surface area contributed by atoms with Gasteiger partial charge in [-0.3, -0.25) is 0 Å². The third-order valence-corrected chi connectivity index (χ3v) is 3.35. The molecule has 106 valence electrons. The Balaban J connectivity index is 1.95. The first kappa shape index (κ1) is 14.1. The van der Waals surface area contributed by atoms with E-state index in [9.17, 15) is 9.18 Å². The molecule has 7 heteroatoms. The van der Waals surface area contributed by atoms with Crippen molar-refractivity contribution in [3.05, 3.63) is 46.3 Å². The van der Waals surface area contributed by atoms with Crippen molar-refractivity contribution >= 4 is 6.09 Å². The summed E-state index contributed by atoms with van der Waals surface area (Å²) >= 11 is 0. The molecule has 0 spiro atoms. The maximum atomic E-state index is 13.7. The highest BCUT2D eigenvalue weighted by Crippen LogP contribution is 2.24. The van der Waals surface area contributed by atoms with Gasteiger partial charge in [-0.25, -0.2) is 9.18 Å². The van der Waals surface area contributed by atoms with E-state index in [0.717, 1.165) is 5.56 Å². The van der Waals surface area contributed by atoms with Crippen LogP contribution in [0.2, 0.25) is 0 Å². The zero-order valence-corrected chi connectivity index (χ0v) is 11.0. The van der Waals surface area contributed by atoms with Gasteiger partial charge in [-0.15, -0.1) is 0 Å². The Hall–Kier alpha value is -2.27. The third-order valence-electron chi connectivity index (χ3n) is 3.35. The summed E-state index contributed by atoms with van der Waals surface area (Å²) in [4.78, 5) is 15.8. The van der Waals surface area contributed by atoms with Crippen LogP contribution in [0.3, 0.4) is 0 Å². The van der Waals surface area contributed by atoms with E-state index in [1.807, 2.05) is 30.3 Å². The summed E-state index contributed by atoms with van der Waals surface area (Å²) in [6.45, 7) is 1.66. The van der Waals surface area contributed by atoms with Crippen LogP contribution in [0.4, 0.5) is 9.18 Å². The van der Waals surface area contributed by atoms with Gasteiger partial charge < -0.3 is 9.64 Å². The summed E-state index contributed by atoms with van der Waals surface area (Å²) in [7, 11) is 0. The minimum Gasteiger partial charge on any atom is -0.445 e. The van der Waals surface area contributed by atoms with E-state index in [-0.39, 0.29) is 13.2 Å². The van der Waals surface area contributed by atoms with Gasteiger partial charge in [0.15, 0.2) is 0 Å². The molecule has 1 heterocycles. The number of hydrogen-bond donors (Lipinski definition) is 0. The summed E-state index contributed by atoms with van der Waals surface area (Å²) in [5.41, 5.74) is 9.25. The van der Waals surface area contributed by atoms with Crippen LogP contribution in [0.1, 0.15) is 12.5 Å². The van der Waals surface area contributed by atoms with E-state index in [1.54, 1.807) is 6.92 Å². The Morgan fingerprint density at radius 3 is 2.90 bits per heavy atom. The van der Waals surface area contributed by atoms with E-state index in [2.05, 4.69) is 10.0 Å². The molecular weight excluding hydrogens is 263 g/mol. The van der Waals surface area contributed by atoms with Crippen LogP contribution in [-0.4, -0.2) is 35.8 Å². The zero-order chi connectivity index (χ0) is 14.5. The minimum atomic E-state index is -1.36. The molecule has 1 aliphatic rings. The highest BCUT2D eigenvalue weighted by Gasteiger charge is 2.42. The van der Waals surface area contributed by atoms with Crippen molar-refractivity contribution in [2.24, 2.45) is 5.11 Å². The van der Waals surface area contributed by atoms with Crippen LogP contribution >= 0.6 is 0 Å². The van der Waals surface area contributed by atoms with Gasteiger partial charge in [0.2, 0.25) is 0 Å². The van der Waals surface area contributed by atoms with E-state index >= 15 is 0 Å².